The van der Waals surface area contributed by atoms with E-state index in [-0.39, 0.29) is 18.2 Å². The molecule has 19 heavy (non-hydrogen) atoms. The minimum Gasteiger partial charge on any atom is -0.508 e. The van der Waals surface area contributed by atoms with E-state index in [0.717, 1.165) is 5.75 Å². The average Bonchev–Trinajstić information content (AvgIpc) is 2.63. The molecule has 1 aliphatic rings. The molecule has 6 heteroatoms. The number of phenolic OH excluding ortho intramolecular Hbond substituents is 1. The number of rotatable bonds is 2. The summed E-state index contributed by atoms with van der Waals surface area (Å²) in [6, 6.07) is 6.12. The fraction of sp³-hybridized carbons (Fsp3) is 0.385. The quantitative estimate of drug-likeness (QED) is 0.854. The van der Waals surface area contributed by atoms with Crippen LogP contribution in [0.1, 0.15) is 10.4 Å². The Bertz CT molecular complexity index is 491. The van der Waals surface area contributed by atoms with Crippen molar-refractivity contribution < 1.29 is 19.8 Å². The third-order valence-corrected chi connectivity index (χ3v) is 4.10. The van der Waals surface area contributed by atoms with Crippen LogP contribution in [0.3, 0.4) is 0 Å². The predicted molar refractivity (Wildman–Crippen MR) is 72.5 cm³/mol. The van der Waals surface area contributed by atoms with E-state index in [4.69, 9.17) is 5.11 Å². The van der Waals surface area contributed by atoms with Crippen LogP contribution in [0.25, 0.3) is 0 Å². The Hall–Kier alpha value is -1.69. The lowest BCUT2D eigenvalue weighted by Crippen LogP contribution is -2.38. The van der Waals surface area contributed by atoms with E-state index in [1.807, 2.05) is 0 Å². The van der Waals surface area contributed by atoms with Crippen LogP contribution in [-0.4, -0.2) is 51.6 Å². The van der Waals surface area contributed by atoms with E-state index in [1.54, 1.807) is 28.8 Å². The van der Waals surface area contributed by atoms with Gasteiger partial charge < -0.3 is 15.1 Å². The predicted octanol–water partition coefficient (Wildman–Crippen LogP) is 1.28. The molecule has 2 N–H and O–H groups in total. The number of phenols is 1. The highest BCUT2D eigenvalue weighted by molar-refractivity contribution is 7.99. The molecule has 2 rings (SSSR count). The van der Waals surface area contributed by atoms with Crippen LogP contribution >= 0.6 is 11.8 Å². The maximum atomic E-state index is 12.3. The third kappa shape index (κ3) is 3.41. The standard InChI is InChI=1S/C13H15NO4S/c15-11-3-1-2-9(6-11)12(16)14-4-5-19-8-10(7-14)13(17)18/h1-3,6,10,15H,4-5,7-8H2,(H,17,18). The van der Waals surface area contributed by atoms with Crippen LogP contribution in [-0.2, 0) is 4.79 Å². The van der Waals surface area contributed by atoms with Crippen LogP contribution in [0.5, 0.6) is 5.75 Å². The number of hydrogen-bond donors (Lipinski definition) is 2. The lowest BCUT2D eigenvalue weighted by atomic mass is 10.1. The first-order valence-electron chi connectivity index (χ1n) is 5.97. The maximum Gasteiger partial charge on any atom is 0.309 e. The Balaban J connectivity index is 2.15. The van der Waals surface area contributed by atoms with Crippen molar-refractivity contribution >= 4 is 23.6 Å². The zero-order valence-electron chi connectivity index (χ0n) is 10.3. The van der Waals surface area contributed by atoms with Crippen LogP contribution in [0.2, 0.25) is 0 Å². The molecule has 1 aliphatic heterocycles. The fourth-order valence-electron chi connectivity index (χ4n) is 1.97. The van der Waals surface area contributed by atoms with Crippen molar-refractivity contribution in [3.8, 4) is 5.75 Å². The summed E-state index contributed by atoms with van der Waals surface area (Å²) in [5, 5.41) is 18.5. The van der Waals surface area contributed by atoms with Crippen LogP contribution in [0.4, 0.5) is 0 Å². The summed E-state index contributed by atoms with van der Waals surface area (Å²) in [5.74, 6) is -0.348. The Morgan fingerprint density at radius 3 is 2.84 bits per heavy atom. The minimum absolute atomic E-state index is 0.0323. The Morgan fingerprint density at radius 2 is 2.16 bits per heavy atom. The zero-order chi connectivity index (χ0) is 13.8. The summed E-state index contributed by atoms with van der Waals surface area (Å²) in [7, 11) is 0. The summed E-state index contributed by atoms with van der Waals surface area (Å²) in [6.45, 7) is 0.750. The van der Waals surface area contributed by atoms with Gasteiger partial charge in [-0.1, -0.05) is 6.07 Å². The van der Waals surface area contributed by atoms with Gasteiger partial charge in [-0.25, -0.2) is 0 Å². The minimum atomic E-state index is -0.872. The van der Waals surface area contributed by atoms with Crippen molar-refractivity contribution in [1.29, 1.82) is 0 Å². The smallest absolute Gasteiger partial charge is 0.309 e. The van der Waals surface area contributed by atoms with Crippen molar-refractivity contribution in [2.75, 3.05) is 24.6 Å². The molecule has 1 atom stereocenters. The van der Waals surface area contributed by atoms with Gasteiger partial charge in [0.1, 0.15) is 5.75 Å². The van der Waals surface area contributed by atoms with Crippen molar-refractivity contribution in [1.82, 2.24) is 4.90 Å². The highest BCUT2D eigenvalue weighted by Gasteiger charge is 2.27. The molecule has 0 bridgehead atoms. The zero-order valence-corrected chi connectivity index (χ0v) is 11.1. The van der Waals surface area contributed by atoms with E-state index in [2.05, 4.69) is 0 Å². The van der Waals surface area contributed by atoms with Gasteiger partial charge in [0, 0.05) is 30.2 Å². The molecule has 102 valence electrons. The van der Waals surface area contributed by atoms with Crippen molar-refractivity contribution in [3.05, 3.63) is 29.8 Å². The lowest BCUT2D eigenvalue weighted by Gasteiger charge is -2.22. The van der Waals surface area contributed by atoms with E-state index < -0.39 is 11.9 Å². The molecule has 1 aromatic carbocycles. The number of thioether (sulfide) groups is 1. The molecule has 1 saturated heterocycles. The normalized spacial score (nSPS) is 19.8. The highest BCUT2D eigenvalue weighted by Crippen LogP contribution is 2.19. The van der Waals surface area contributed by atoms with Gasteiger partial charge in [0.15, 0.2) is 0 Å². The molecule has 1 aromatic rings. The van der Waals surface area contributed by atoms with Gasteiger partial charge in [-0.15, -0.1) is 0 Å². The maximum absolute atomic E-state index is 12.3. The van der Waals surface area contributed by atoms with Crippen LogP contribution in [0, 0.1) is 5.92 Å². The SMILES string of the molecule is O=C(O)C1CSCCN(C(=O)c2cccc(O)c2)C1. The number of aliphatic carboxylic acids is 1. The number of carbonyl (C=O) groups is 2. The summed E-state index contributed by atoms with van der Waals surface area (Å²) in [6.07, 6.45) is 0. The molecular formula is C13H15NO4S. The first-order valence-corrected chi connectivity index (χ1v) is 7.12. The molecule has 0 aliphatic carbocycles. The Kier molecular flexibility index (Phi) is 4.31. The number of carbonyl (C=O) groups excluding carboxylic acids is 1. The molecule has 1 heterocycles. The number of amides is 1. The van der Waals surface area contributed by atoms with Crippen molar-refractivity contribution in [2.45, 2.75) is 0 Å². The summed E-state index contributed by atoms with van der Waals surface area (Å²) in [4.78, 5) is 24.9. The molecule has 0 radical (unpaired) electrons. The van der Waals surface area contributed by atoms with E-state index in [1.165, 1.54) is 12.1 Å². The van der Waals surface area contributed by atoms with E-state index >= 15 is 0 Å². The summed E-state index contributed by atoms with van der Waals surface area (Å²) < 4.78 is 0. The van der Waals surface area contributed by atoms with Gasteiger partial charge in [0.05, 0.1) is 5.92 Å². The summed E-state index contributed by atoms with van der Waals surface area (Å²) in [5.41, 5.74) is 0.385. The summed E-state index contributed by atoms with van der Waals surface area (Å²) >= 11 is 1.55. The van der Waals surface area contributed by atoms with Crippen molar-refractivity contribution in [2.24, 2.45) is 5.92 Å². The van der Waals surface area contributed by atoms with Gasteiger partial charge >= 0.3 is 5.97 Å². The van der Waals surface area contributed by atoms with Gasteiger partial charge in [0.2, 0.25) is 0 Å². The molecule has 1 amide bonds. The number of aromatic hydroxyl groups is 1. The monoisotopic (exact) mass is 281 g/mol. The molecule has 1 fully saturated rings. The average molecular weight is 281 g/mol. The van der Waals surface area contributed by atoms with Crippen molar-refractivity contribution in [3.63, 3.8) is 0 Å². The van der Waals surface area contributed by atoms with E-state index in [0.29, 0.717) is 17.9 Å². The Morgan fingerprint density at radius 1 is 1.37 bits per heavy atom. The fourth-order valence-corrected chi connectivity index (χ4v) is 3.01. The molecule has 0 spiro atoms. The highest BCUT2D eigenvalue weighted by atomic mass is 32.2. The lowest BCUT2D eigenvalue weighted by molar-refractivity contribution is -0.141. The molecular weight excluding hydrogens is 266 g/mol. The third-order valence-electron chi connectivity index (χ3n) is 2.99. The van der Waals surface area contributed by atoms with E-state index in [9.17, 15) is 14.7 Å². The second-order valence-corrected chi connectivity index (χ2v) is 5.56. The first-order chi connectivity index (χ1) is 9.08. The van der Waals surface area contributed by atoms with Gasteiger partial charge in [-0.05, 0) is 18.2 Å². The largest absolute Gasteiger partial charge is 0.508 e. The number of benzene rings is 1. The number of carboxylic acid groups (broad SMARTS) is 1. The molecule has 1 unspecified atom stereocenters. The second kappa shape index (κ2) is 5.97. The van der Waals surface area contributed by atoms with Gasteiger partial charge in [0.25, 0.3) is 5.91 Å². The number of nitrogens with zero attached hydrogens (tertiary/aromatic N) is 1. The second-order valence-electron chi connectivity index (χ2n) is 4.41. The van der Waals surface area contributed by atoms with Crippen LogP contribution in [0.15, 0.2) is 24.3 Å². The Labute approximate surface area is 115 Å². The topological polar surface area (TPSA) is 77.8 Å². The van der Waals surface area contributed by atoms with Gasteiger partial charge in [-0.3, -0.25) is 9.59 Å². The molecule has 0 aromatic heterocycles. The van der Waals surface area contributed by atoms with Gasteiger partial charge in [-0.2, -0.15) is 11.8 Å². The number of hydrogen-bond acceptors (Lipinski definition) is 4. The first kappa shape index (κ1) is 13.7. The molecule has 5 nitrogen and oxygen atoms in total. The van der Waals surface area contributed by atoms with Crippen LogP contribution < -0.4 is 0 Å². The number of carboxylic acids is 1. The molecule has 0 saturated carbocycles.